The molecule has 1 aliphatic rings. The highest BCUT2D eigenvalue weighted by atomic mass is 35.5. The molecule has 0 radical (unpaired) electrons. The minimum Gasteiger partial charge on any atom is -0.330 e. The molecule has 1 aromatic rings. The smallest absolute Gasteiger partial charge is 0.245 e. The van der Waals surface area contributed by atoms with Gasteiger partial charge in [0.2, 0.25) is 10.0 Å². The molecule has 0 aliphatic carbocycles. The molecule has 0 aromatic carbocycles. The quantitative estimate of drug-likeness (QED) is 0.896. The number of thiophene rings is 1. The fourth-order valence-electron chi connectivity index (χ4n) is 1.99. The summed E-state index contributed by atoms with van der Waals surface area (Å²) in [5.41, 5.74) is 5.53. The highest BCUT2D eigenvalue weighted by molar-refractivity contribution is 7.89. The molecule has 1 fully saturated rings. The largest absolute Gasteiger partial charge is 0.330 e. The Hall–Kier alpha value is 0.440. The summed E-state index contributed by atoms with van der Waals surface area (Å²) < 4.78 is 26.9. The Balaban J connectivity index is 0.00000180. The molecule has 0 amide bonds. The van der Waals surface area contributed by atoms with Gasteiger partial charge in [0.25, 0.3) is 0 Å². The van der Waals surface area contributed by atoms with Gasteiger partial charge in [-0.25, -0.2) is 8.42 Å². The van der Waals surface area contributed by atoms with Crippen LogP contribution in [0.1, 0.15) is 13.3 Å². The van der Waals surface area contributed by atoms with Crippen LogP contribution in [0.4, 0.5) is 0 Å². The Morgan fingerprint density at radius 2 is 2.16 bits per heavy atom. The summed E-state index contributed by atoms with van der Waals surface area (Å²) in [5.74, 6) is 0. The third-order valence-electron chi connectivity index (χ3n) is 3.26. The van der Waals surface area contributed by atoms with E-state index in [4.69, 9.17) is 28.9 Å². The predicted molar refractivity (Wildman–Crippen MR) is 82.1 cm³/mol. The third-order valence-corrected chi connectivity index (χ3v) is 6.86. The van der Waals surface area contributed by atoms with Crippen LogP contribution < -0.4 is 5.73 Å². The van der Waals surface area contributed by atoms with E-state index in [0.29, 0.717) is 24.0 Å². The molecule has 0 saturated carbocycles. The van der Waals surface area contributed by atoms with Crippen molar-refractivity contribution in [2.45, 2.75) is 18.2 Å². The number of nitrogens with zero attached hydrogens (tertiary/aromatic N) is 1. The number of rotatable bonds is 3. The van der Waals surface area contributed by atoms with Crippen LogP contribution in [0.25, 0.3) is 0 Å². The van der Waals surface area contributed by atoms with E-state index < -0.39 is 10.0 Å². The zero-order valence-electron chi connectivity index (χ0n) is 10.2. The summed E-state index contributed by atoms with van der Waals surface area (Å²) in [7, 11) is -3.56. The molecule has 1 aliphatic heterocycles. The van der Waals surface area contributed by atoms with E-state index in [2.05, 4.69) is 0 Å². The summed E-state index contributed by atoms with van der Waals surface area (Å²) in [6, 6.07) is 1.40. The molecule has 1 atom stereocenters. The van der Waals surface area contributed by atoms with Gasteiger partial charge in [0.1, 0.15) is 9.23 Å². The first-order valence-electron chi connectivity index (χ1n) is 5.43. The summed E-state index contributed by atoms with van der Waals surface area (Å²) >= 11 is 12.8. The highest BCUT2D eigenvalue weighted by Gasteiger charge is 2.40. The lowest BCUT2D eigenvalue weighted by Crippen LogP contribution is -2.34. The molecule has 1 saturated heterocycles. The monoisotopic (exact) mass is 364 g/mol. The van der Waals surface area contributed by atoms with E-state index in [1.807, 2.05) is 6.92 Å². The number of hydrogen-bond donors (Lipinski definition) is 1. The van der Waals surface area contributed by atoms with Gasteiger partial charge in [-0.3, -0.25) is 0 Å². The average Bonchev–Trinajstić information content (AvgIpc) is 2.84. The van der Waals surface area contributed by atoms with Crippen molar-refractivity contribution in [1.82, 2.24) is 4.31 Å². The molecule has 1 unspecified atom stereocenters. The van der Waals surface area contributed by atoms with Gasteiger partial charge in [-0.2, -0.15) is 4.31 Å². The topological polar surface area (TPSA) is 63.4 Å². The Bertz CT molecular complexity index is 561. The molecule has 0 bridgehead atoms. The normalized spacial score (nSPS) is 24.4. The fourth-order valence-corrected chi connectivity index (χ4v) is 5.69. The van der Waals surface area contributed by atoms with Crippen molar-refractivity contribution in [2.24, 2.45) is 11.1 Å². The predicted octanol–water partition coefficient (Wildman–Crippen LogP) is 2.84. The molecule has 9 heteroatoms. The van der Waals surface area contributed by atoms with Crippen molar-refractivity contribution >= 4 is 57.0 Å². The number of nitrogens with two attached hydrogens (primary N) is 1. The van der Waals surface area contributed by atoms with Crippen LogP contribution in [0, 0.1) is 5.41 Å². The third kappa shape index (κ3) is 3.37. The van der Waals surface area contributed by atoms with E-state index in [0.717, 1.165) is 17.8 Å². The van der Waals surface area contributed by atoms with Crippen molar-refractivity contribution < 1.29 is 8.42 Å². The van der Waals surface area contributed by atoms with Crippen LogP contribution in [0.3, 0.4) is 0 Å². The second kappa shape index (κ2) is 6.05. The summed E-state index contributed by atoms with van der Waals surface area (Å²) in [6.45, 7) is 3.36. The second-order valence-corrected chi connectivity index (χ2v) is 8.98. The molecule has 0 spiro atoms. The Morgan fingerprint density at radius 1 is 1.53 bits per heavy atom. The van der Waals surface area contributed by atoms with Gasteiger partial charge < -0.3 is 5.73 Å². The summed E-state index contributed by atoms with van der Waals surface area (Å²) in [5, 5.41) is 0. The molecule has 2 heterocycles. The van der Waals surface area contributed by atoms with Crippen molar-refractivity contribution in [3.8, 4) is 0 Å². The Kier molecular flexibility index (Phi) is 5.57. The van der Waals surface area contributed by atoms with Gasteiger partial charge >= 0.3 is 0 Å². The molecule has 110 valence electrons. The van der Waals surface area contributed by atoms with Crippen LogP contribution >= 0.6 is 46.9 Å². The zero-order chi connectivity index (χ0) is 13.6. The van der Waals surface area contributed by atoms with Crippen molar-refractivity contribution in [3.63, 3.8) is 0 Å². The fraction of sp³-hybridized carbons (Fsp3) is 0.600. The Morgan fingerprint density at radius 3 is 2.58 bits per heavy atom. The molecule has 4 nitrogen and oxygen atoms in total. The van der Waals surface area contributed by atoms with Crippen molar-refractivity contribution in [1.29, 1.82) is 0 Å². The number of hydrogen-bond acceptors (Lipinski definition) is 4. The first kappa shape index (κ1) is 17.5. The van der Waals surface area contributed by atoms with E-state index in [1.165, 1.54) is 10.4 Å². The minimum atomic E-state index is -3.56. The molecule has 1 aromatic heterocycles. The molecule has 2 N–H and O–H groups in total. The van der Waals surface area contributed by atoms with Gasteiger partial charge in [0.05, 0.1) is 4.34 Å². The number of sulfonamides is 1. The second-order valence-electron chi connectivity index (χ2n) is 4.79. The van der Waals surface area contributed by atoms with Gasteiger partial charge in [-0.15, -0.1) is 23.7 Å². The zero-order valence-corrected chi connectivity index (χ0v) is 14.2. The maximum absolute atomic E-state index is 12.4. The van der Waals surface area contributed by atoms with E-state index >= 15 is 0 Å². The molecule has 19 heavy (non-hydrogen) atoms. The van der Waals surface area contributed by atoms with E-state index in [1.54, 1.807) is 0 Å². The van der Waals surface area contributed by atoms with Crippen LogP contribution in [0.5, 0.6) is 0 Å². The lowest BCUT2D eigenvalue weighted by atomic mass is 9.90. The summed E-state index contributed by atoms with van der Waals surface area (Å²) in [6.07, 6.45) is 0.762. The molecular weight excluding hydrogens is 351 g/mol. The van der Waals surface area contributed by atoms with Gasteiger partial charge in [0, 0.05) is 13.1 Å². The van der Waals surface area contributed by atoms with Gasteiger partial charge in [0.15, 0.2) is 0 Å². The lowest BCUT2D eigenvalue weighted by Gasteiger charge is -2.22. The van der Waals surface area contributed by atoms with E-state index in [9.17, 15) is 8.42 Å². The maximum atomic E-state index is 12.4. The van der Waals surface area contributed by atoms with Crippen LogP contribution in [-0.2, 0) is 10.0 Å². The standard InChI is InChI=1S/C10H14Cl2N2O2S2.ClH/c1-10(5-13)2-3-14(6-10)18(15,16)7-4-8(11)17-9(7)12;/h4H,2-3,5-6,13H2,1H3;1H. The molecule has 2 rings (SSSR count). The minimum absolute atomic E-state index is 0. The number of halogens is 3. The van der Waals surface area contributed by atoms with Crippen LogP contribution in [-0.4, -0.2) is 32.4 Å². The average molecular weight is 366 g/mol. The maximum Gasteiger partial charge on any atom is 0.245 e. The van der Waals surface area contributed by atoms with Crippen molar-refractivity contribution in [2.75, 3.05) is 19.6 Å². The first-order valence-corrected chi connectivity index (χ1v) is 8.45. The van der Waals surface area contributed by atoms with Crippen LogP contribution in [0.2, 0.25) is 8.67 Å². The lowest BCUT2D eigenvalue weighted by molar-refractivity contribution is 0.350. The Labute approximate surface area is 133 Å². The van der Waals surface area contributed by atoms with E-state index in [-0.39, 0.29) is 27.1 Å². The molecular formula is C10H15Cl3N2O2S2. The van der Waals surface area contributed by atoms with Gasteiger partial charge in [-0.05, 0) is 24.4 Å². The summed E-state index contributed by atoms with van der Waals surface area (Å²) in [4.78, 5) is 0.0976. The highest BCUT2D eigenvalue weighted by Crippen LogP contribution is 2.39. The SMILES string of the molecule is CC1(CN)CCN(S(=O)(=O)c2cc(Cl)sc2Cl)C1.Cl. The van der Waals surface area contributed by atoms with Gasteiger partial charge in [-0.1, -0.05) is 30.1 Å². The van der Waals surface area contributed by atoms with Crippen LogP contribution in [0.15, 0.2) is 11.0 Å². The van der Waals surface area contributed by atoms with Crippen molar-refractivity contribution in [3.05, 3.63) is 14.7 Å². The first-order chi connectivity index (χ1) is 8.28.